The number of nitrogens with zero attached hydrogens (tertiary/aromatic N) is 1. The van der Waals surface area contributed by atoms with Crippen molar-refractivity contribution in [1.82, 2.24) is 5.16 Å². The van der Waals surface area contributed by atoms with E-state index >= 15 is 0 Å². The molecule has 1 aliphatic rings. The minimum atomic E-state index is -1.13. The van der Waals surface area contributed by atoms with E-state index in [2.05, 4.69) is 5.16 Å². The minimum Gasteiger partial charge on any atom is -0.497 e. The zero-order chi connectivity index (χ0) is 29.6. The minimum absolute atomic E-state index is 0.0239. The number of carboxylic acid groups (broad SMARTS) is 1. The van der Waals surface area contributed by atoms with Crippen LogP contribution in [0.1, 0.15) is 27.0 Å². The van der Waals surface area contributed by atoms with Crippen molar-refractivity contribution in [2.45, 2.75) is 13.0 Å². The van der Waals surface area contributed by atoms with Crippen LogP contribution >= 0.6 is 0 Å². The summed E-state index contributed by atoms with van der Waals surface area (Å²) in [5, 5.41) is 14.2. The van der Waals surface area contributed by atoms with Gasteiger partial charge in [0.1, 0.15) is 35.8 Å². The van der Waals surface area contributed by atoms with Gasteiger partial charge in [0.25, 0.3) is 0 Å². The third kappa shape index (κ3) is 5.85. The smallest absolute Gasteiger partial charge is 0.338 e. The number of carbonyl (C=O) groups excluding carboxylic acids is 1. The van der Waals surface area contributed by atoms with Crippen LogP contribution in [-0.2, 0) is 22.6 Å². The second-order valence-electron chi connectivity index (χ2n) is 9.09. The van der Waals surface area contributed by atoms with Gasteiger partial charge in [-0.15, -0.1) is 0 Å². The van der Waals surface area contributed by atoms with Crippen LogP contribution in [0.15, 0.2) is 71.0 Å². The highest BCUT2D eigenvalue weighted by Gasteiger charge is 2.22. The van der Waals surface area contributed by atoms with Crippen LogP contribution in [0.25, 0.3) is 17.3 Å². The quantitative estimate of drug-likeness (QED) is 0.188. The molecule has 2 heterocycles. The van der Waals surface area contributed by atoms with Crippen LogP contribution in [0.2, 0.25) is 0 Å². The molecule has 0 bridgehead atoms. The summed E-state index contributed by atoms with van der Waals surface area (Å²) < 4.78 is 38.0. The monoisotopic (exact) mass is 573 g/mol. The van der Waals surface area contributed by atoms with E-state index in [4.69, 9.17) is 32.9 Å². The van der Waals surface area contributed by atoms with E-state index in [0.29, 0.717) is 62.3 Å². The van der Waals surface area contributed by atoms with Gasteiger partial charge in [-0.2, -0.15) is 0 Å². The van der Waals surface area contributed by atoms with Crippen LogP contribution in [-0.4, -0.2) is 50.3 Å². The van der Waals surface area contributed by atoms with Crippen molar-refractivity contribution in [2.75, 3.05) is 28.1 Å². The predicted molar refractivity (Wildman–Crippen MR) is 149 cm³/mol. The number of rotatable bonds is 11. The van der Waals surface area contributed by atoms with E-state index in [1.54, 1.807) is 54.6 Å². The molecule has 1 aliphatic heterocycles. The normalized spacial score (nSPS) is 12.1. The van der Waals surface area contributed by atoms with Gasteiger partial charge in [0.05, 0.1) is 26.9 Å². The first-order valence-corrected chi connectivity index (χ1v) is 12.7. The average Bonchev–Trinajstić information content (AvgIpc) is 3.67. The molecule has 1 aromatic heterocycles. The van der Waals surface area contributed by atoms with Gasteiger partial charge in [-0.05, 0) is 30.3 Å². The summed E-state index contributed by atoms with van der Waals surface area (Å²) >= 11 is 0. The van der Waals surface area contributed by atoms with Crippen LogP contribution in [0.4, 0.5) is 0 Å². The Morgan fingerprint density at radius 3 is 2.48 bits per heavy atom. The molecule has 0 atom stereocenters. The molecule has 0 amide bonds. The molecule has 0 unspecified atom stereocenters. The standard InChI is InChI=1S/C31H27NO10/c1-36-22-8-9-24(26(13-22)39-15-18-6-4-5-7-23(18)31(35)38-3)29-21(16-42-32-29)11-20(30(33)34)10-19-12-27-28(41-17-40-27)14-25(19)37-2/h4-9,11-14,16H,10,15,17H2,1-3H3,(H,33,34). The number of benzene rings is 3. The fourth-order valence-electron chi connectivity index (χ4n) is 4.48. The Bertz CT molecular complexity index is 1660. The maximum Gasteiger partial charge on any atom is 0.338 e. The Morgan fingerprint density at radius 1 is 0.952 bits per heavy atom. The fourth-order valence-corrected chi connectivity index (χ4v) is 4.48. The van der Waals surface area contributed by atoms with E-state index in [9.17, 15) is 14.7 Å². The van der Waals surface area contributed by atoms with Gasteiger partial charge < -0.3 is 38.1 Å². The van der Waals surface area contributed by atoms with Crippen LogP contribution < -0.4 is 23.7 Å². The fraction of sp³-hybridized carbons (Fsp3) is 0.194. The molecule has 42 heavy (non-hydrogen) atoms. The molecule has 0 fully saturated rings. The summed E-state index contributed by atoms with van der Waals surface area (Å²) in [5.41, 5.74) is 2.94. The maximum atomic E-state index is 12.3. The molecule has 0 saturated carbocycles. The summed E-state index contributed by atoms with van der Waals surface area (Å²) in [5.74, 6) is 0.796. The molecular formula is C31H27NO10. The Kier molecular flexibility index (Phi) is 8.28. The van der Waals surface area contributed by atoms with E-state index in [1.807, 2.05) is 0 Å². The molecule has 0 spiro atoms. The Hall–Kier alpha value is -5.45. The van der Waals surface area contributed by atoms with E-state index < -0.39 is 11.9 Å². The van der Waals surface area contributed by atoms with Gasteiger partial charge in [-0.1, -0.05) is 23.4 Å². The van der Waals surface area contributed by atoms with Crippen molar-refractivity contribution < 1.29 is 47.6 Å². The van der Waals surface area contributed by atoms with E-state index in [1.165, 1.54) is 33.7 Å². The van der Waals surface area contributed by atoms with Crippen LogP contribution in [0.5, 0.6) is 28.7 Å². The van der Waals surface area contributed by atoms with Gasteiger partial charge >= 0.3 is 11.9 Å². The van der Waals surface area contributed by atoms with E-state index in [-0.39, 0.29) is 25.4 Å². The molecule has 11 nitrogen and oxygen atoms in total. The molecule has 1 N–H and O–H groups in total. The van der Waals surface area contributed by atoms with Gasteiger partial charge in [-0.3, -0.25) is 0 Å². The lowest BCUT2D eigenvalue weighted by Gasteiger charge is -2.14. The first-order chi connectivity index (χ1) is 20.4. The molecule has 216 valence electrons. The van der Waals surface area contributed by atoms with Crippen LogP contribution in [0, 0.1) is 0 Å². The van der Waals surface area contributed by atoms with Crippen molar-refractivity contribution in [3.63, 3.8) is 0 Å². The molecule has 0 saturated heterocycles. The van der Waals surface area contributed by atoms with Gasteiger partial charge in [0.15, 0.2) is 11.5 Å². The lowest BCUT2D eigenvalue weighted by Crippen LogP contribution is -2.08. The maximum absolute atomic E-state index is 12.3. The first-order valence-electron chi connectivity index (χ1n) is 12.7. The number of esters is 1. The summed E-state index contributed by atoms with van der Waals surface area (Å²) in [6, 6.07) is 15.4. The number of aromatic nitrogens is 1. The molecule has 11 heteroatoms. The highest BCUT2D eigenvalue weighted by Crippen LogP contribution is 2.40. The third-order valence-corrected chi connectivity index (χ3v) is 6.61. The largest absolute Gasteiger partial charge is 0.497 e. The third-order valence-electron chi connectivity index (χ3n) is 6.61. The Balaban J connectivity index is 1.49. The number of carbonyl (C=O) groups is 2. The first kappa shape index (κ1) is 28.1. The zero-order valence-corrected chi connectivity index (χ0v) is 23.0. The molecular weight excluding hydrogens is 546 g/mol. The number of carboxylic acids is 1. The Labute approximate surface area is 240 Å². The summed E-state index contributed by atoms with van der Waals surface area (Å²) in [6.45, 7) is 0.118. The van der Waals surface area contributed by atoms with Gasteiger partial charge in [0, 0.05) is 46.4 Å². The van der Waals surface area contributed by atoms with Crippen molar-refractivity contribution in [2.24, 2.45) is 0 Å². The summed E-state index contributed by atoms with van der Waals surface area (Å²) in [7, 11) is 4.34. The van der Waals surface area contributed by atoms with Gasteiger partial charge in [0.2, 0.25) is 6.79 Å². The molecule has 3 aromatic carbocycles. The number of hydrogen-bond acceptors (Lipinski definition) is 10. The lowest BCUT2D eigenvalue weighted by molar-refractivity contribution is -0.132. The molecule has 0 aliphatic carbocycles. The highest BCUT2D eigenvalue weighted by atomic mass is 16.7. The number of hydrogen-bond donors (Lipinski definition) is 1. The molecule has 5 rings (SSSR count). The number of fused-ring (bicyclic) bond motifs is 1. The average molecular weight is 574 g/mol. The van der Waals surface area contributed by atoms with Crippen LogP contribution in [0.3, 0.4) is 0 Å². The van der Waals surface area contributed by atoms with Crippen molar-refractivity contribution in [1.29, 1.82) is 0 Å². The van der Waals surface area contributed by atoms with E-state index in [0.717, 1.165) is 0 Å². The summed E-state index contributed by atoms with van der Waals surface area (Å²) in [6.07, 6.45) is 2.87. The van der Waals surface area contributed by atoms with Gasteiger partial charge in [-0.25, -0.2) is 9.59 Å². The van der Waals surface area contributed by atoms with Crippen molar-refractivity contribution in [3.05, 3.63) is 88.7 Å². The molecule has 4 aromatic rings. The Morgan fingerprint density at radius 2 is 1.74 bits per heavy atom. The molecule has 0 radical (unpaired) electrons. The predicted octanol–water partition coefficient (Wildman–Crippen LogP) is 5.16. The topological polar surface area (TPSA) is 136 Å². The number of methoxy groups -OCH3 is 3. The lowest BCUT2D eigenvalue weighted by atomic mass is 9.99. The SMILES string of the molecule is COC(=O)c1ccccc1COc1cc(OC)ccc1-c1nocc1C=C(Cc1cc2c(cc1OC)OCO2)C(=O)O. The summed E-state index contributed by atoms with van der Waals surface area (Å²) in [4.78, 5) is 24.6. The second-order valence-corrected chi connectivity index (χ2v) is 9.09. The highest BCUT2D eigenvalue weighted by molar-refractivity contribution is 5.94. The second kappa shape index (κ2) is 12.4. The zero-order valence-electron chi connectivity index (χ0n) is 23.0. The van der Waals surface area contributed by atoms with Crippen molar-refractivity contribution in [3.8, 4) is 40.0 Å². The number of ether oxygens (including phenoxy) is 6. The number of aliphatic carboxylic acids is 1. The van der Waals surface area contributed by atoms with Crippen molar-refractivity contribution >= 4 is 18.0 Å².